The molecule has 7 rings (SSSR count). The Morgan fingerprint density at radius 3 is 1.14 bits per heavy atom. The summed E-state index contributed by atoms with van der Waals surface area (Å²) < 4.78 is 34.8. The lowest BCUT2D eigenvalue weighted by Crippen LogP contribution is -2.50. The van der Waals surface area contributed by atoms with Crippen molar-refractivity contribution in [1.82, 2.24) is 41.9 Å². The topological polar surface area (TPSA) is 298 Å². The van der Waals surface area contributed by atoms with Gasteiger partial charge >= 0.3 is 24.1 Å². The van der Waals surface area contributed by atoms with Crippen molar-refractivity contribution in [2.45, 2.75) is 141 Å². The number of nitrogens with one attached hydrogen (secondary N) is 6. The Bertz CT molecular complexity index is 2980. The summed E-state index contributed by atoms with van der Waals surface area (Å²) in [6.07, 6.45) is -2.99. The van der Waals surface area contributed by atoms with Crippen LogP contribution in [0.4, 0.5) is 9.59 Å². The molecule has 1 aliphatic rings. The van der Waals surface area contributed by atoms with Crippen LogP contribution in [0.25, 0.3) is 0 Å². The van der Waals surface area contributed by atoms with Crippen LogP contribution in [-0.2, 0) is 77.0 Å². The second-order valence-electron chi connectivity index (χ2n) is 21.9. The van der Waals surface area contributed by atoms with Crippen LogP contribution in [0.5, 0.6) is 0 Å². The predicted molar refractivity (Wildman–Crippen MR) is 304 cm³/mol. The molecule has 6 aromatic rings. The lowest BCUT2D eigenvalue weighted by atomic mass is 9.99. The Morgan fingerprint density at radius 2 is 0.810 bits per heavy atom. The van der Waals surface area contributed by atoms with Crippen molar-refractivity contribution in [3.8, 4) is 0 Å². The summed E-state index contributed by atoms with van der Waals surface area (Å²) in [5, 5.41) is 16.8. The summed E-state index contributed by atoms with van der Waals surface area (Å²) in [6.45, 7) is 10.00. The summed E-state index contributed by atoms with van der Waals surface area (Å²) in [7, 11) is 0. The molecule has 0 bridgehead atoms. The smallest absolute Gasteiger partial charge is 0.407 e. The highest BCUT2D eigenvalue weighted by Crippen LogP contribution is 2.28. The Kier molecular flexibility index (Phi) is 21.9. The van der Waals surface area contributed by atoms with Gasteiger partial charge in [-0.2, -0.15) is 0 Å². The Balaban J connectivity index is 1.32. The first-order chi connectivity index (χ1) is 40.1. The number of aromatic nitrogens is 2. The van der Waals surface area contributed by atoms with E-state index in [2.05, 4.69) is 41.9 Å². The van der Waals surface area contributed by atoms with E-state index < -0.39 is 83.1 Å². The SMILES string of the molecule is CC(C)(C)OC(=O)NCCc1nc2c(o1)[C@H](Cc1ccccc1)NC(=O)[C@H](CCC(=O)OCc1ccccc1)NC(=O)c1nc(CCNC(=O)OC(C)(C)C)oc1[C@H](Cc1ccccc1)NC(=O)[C@H](CCC(=O)OCc1ccccc1)NC2=O. The minimum absolute atomic E-state index is 0.0239. The average Bonchev–Trinajstić information content (AvgIpc) is 4.32. The Hall–Kier alpha value is -9.34. The maximum Gasteiger partial charge on any atom is 0.407 e. The molecule has 22 nitrogen and oxygen atoms in total. The van der Waals surface area contributed by atoms with E-state index >= 15 is 19.2 Å². The van der Waals surface area contributed by atoms with Crippen molar-refractivity contribution in [2.24, 2.45) is 0 Å². The van der Waals surface area contributed by atoms with Gasteiger partial charge in [-0.05, 0) is 89.5 Å². The maximum absolute atomic E-state index is 15.1. The number of ether oxygens (including phenoxy) is 4. The third kappa shape index (κ3) is 20.0. The van der Waals surface area contributed by atoms with E-state index in [-0.39, 0.29) is 112 Å². The molecule has 3 heterocycles. The summed E-state index contributed by atoms with van der Waals surface area (Å²) in [6, 6.07) is 30.3. The van der Waals surface area contributed by atoms with Gasteiger partial charge in [0.05, 0.1) is 12.1 Å². The monoisotopic (exact) mass is 1150 g/mol. The molecule has 0 unspecified atom stereocenters. The van der Waals surface area contributed by atoms with Crippen LogP contribution in [0.2, 0.25) is 0 Å². The van der Waals surface area contributed by atoms with E-state index in [0.717, 1.165) is 11.1 Å². The number of carbonyl (C=O) groups excluding carboxylic acids is 8. The fraction of sp³-hybridized carbons (Fsp3) is 0.387. The second-order valence-corrected chi connectivity index (χ2v) is 21.9. The zero-order valence-electron chi connectivity index (χ0n) is 48.0. The van der Waals surface area contributed by atoms with E-state index in [0.29, 0.717) is 11.1 Å². The number of oxazole rings is 2. The molecule has 1 aliphatic heterocycles. The highest BCUT2D eigenvalue weighted by molar-refractivity contribution is 5.99. The van der Waals surface area contributed by atoms with Gasteiger partial charge in [0.2, 0.25) is 11.8 Å². The van der Waals surface area contributed by atoms with E-state index in [1.54, 1.807) is 151 Å². The van der Waals surface area contributed by atoms with E-state index in [1.807, 2.05) is 12.1 Å². The van der Waals surface area contributed by atoms with Gasteiger partial charge in [-0.25, -0.2) is 19.6 Å². The molecule has 22 heteroatoms. The first kappa shape index (κ1) is 62.3. The Morgan fingerprint density at radius 1 is 0.476 bits per heavy atom. The number of benzene rings is 4. The number of rotatable bonds is 20. The van der Waals surface area contributed by atoms with Crippen molar-refractivity contribution in [1.29, 1.82) is 0 Å². The zero-order chi connectivity index (χ0) is 60.2. The third-order valence-electron chi connectivity index (χ3n) is 12.7. The number of hydrogen-bond donors (Lipinski definition) is 6. The normalized spacial score (nSPS) is 16.7. The molecule has 6 N–H and O–H groups in total. The fourth-order valence-electron chi connectivity index (χ4n) is 8.74. The number of esters is 2. The molecular weight excluding hydrogens is 1080 g/mol. The standard InChI is InChI=1S/C62H72N8O14/c1-61(2,3)83-59(77)63-33-31-47-69-51-53(81-47)45(35-39-19-11-7-12-20-39)67-55(73)44(28-30-50(72)80-38-42-25-17-10-18-26-42)66-58(76)52-54(82-48(70-52)32-34-64-60(78)84-62(4,5)6)46(36-40-21-13-8-14-22-40)68-56(74)43(65-57(51)75)27-29-49(71)79-37-41-23-15-9-16-24-41/h7-26,43-46H,27-38H2,1-6H3,(H,63,77)(H,64,78)(H,65,75)(H,66,76)(H,67,73)(H,68,74)/t43-,44-,45-,46-/m0/s1. The van der Waals surface area contributed by atoms with Crippen LogP contribution in [0.3, 0.4) is 0 Å². The van der Waals surface area contributed by atoms with Gasteiger partial charge in [0.15, 0.2) is 34.7 Å². The quantitative estimate of drug-likeness (QED) is 0.0317. The van der Waals surface area contributed by atoms with Gasteiger partial charge in [0, 0.05) is 38.8 Å². The second kappa shape index (κ2) is 29.6. The average molecular weight is 1150 g/mol. The lowest BCUT2D eigenvalue weighted by molar-refractivity contribution is -0.146. The summed E-state index contributed by atoms with van der Waals surface area (Å²) >= 11 is 0. The van der Waals surface area contributed by atoms with Crippen LogP contribution in [0, 0.1) is 0 Å². The molecule has 0 aliphatic carbocycles. The van der Waals surface area contributed by atoms with Crippen LogP contribution in [-0.4, -0.2) is 94.1 Å². The molecule has 84 heavy (non-hydrogen) atoms. The highest BCUT2D eigenvalue weighted by atomic mass is 16.6. The summed E-state index contributed by atoms with van der Waals surface area (Å²) in [5.41, 5.74) is 0.442. The number of hydrogen-bond acceptors (Lipinski definition) is 16. The molecule has 4 aromatic carbocycles. The molecule has 4 atom stereocenters. The molecule has 0 fully saturated rings. The maximum atomic E-state index is 15.1. The minimum Gasteiger partial charge on any atom is -0.461 e. The van der Waals surface area contributed by atoms with Crippen LogP contribution >= 0.6 is 0 Å². The molecule has 0 radical (unpaired) electrons. The minimum atomic E-state index is -1.51. The highest BCUT2D eigenvalue weighted by Gasteiger charge is 2.37. The fourth-order valence-corrected chi connectivity index (χ4v) is 8.74. The van der Waals surface area contributed by atoms with Gasteiger partial charge in [0.1, 0.15) is 36.5 Å². The van der Waals surface area contributed by atoms with Crippen molar-refractivity contribution in [3.63, 3.8) is 0 Å². The van der Waals surface area contributed by atoms with Crippen molar-refractivity contribution in [3.05, 3.63) is 178 Å². The molecule has 2 aromatic heterocycles. The van der Waals surface area contributed by atoms with Crippen LogP contribution < -0.4 is 31.9 Å². The van der Waals surface area contributed by atoms with Gasteiger partial charge < -0.3 is 59.7 Å². The Labute approximate surface area is 486 Å². The number of fused-ring (bicyclic) bond motifs is 2. The van der Waals surface area contributed by atoms with Gasteiger partial charge in [-0.3, -0.25) is 28.8 Å². The van der Waals surface area contributed by atoms with Crippen molar-refractivity contribution < 1.29 is 66.1 Å². The number of alkyl carbamates (subject to hydrolysis) is 2. The van der Waals surface area contributed by atoms with Gasteiger partial charge in [-0.1, -0.05) is 121 Å². The third-order valence-corrected chi connectivity index (χ3v) is 12.7. The first-order valence-electron chi connectivity index (χ1n) is 27.8. The summed E-state index contributed by atoms with van der Waals surface area (Å²) in [5.74, 6) is -5.32. The largest absolute Gasteiger partial charge is 0.461 e. The molecule has 0 saturated heterocycles. The van der Waals surface area contributed by atoms with Gasteiger partial charge in [0.25, 0.3) is 11.8 Å². The van der Waals surface area contributed by atoms with Crippen LogP contribution in [0.15, 0.2) is 130 Å². The zero-order valence-corrected chi connectivity index (χ0v) is 48.0. The number of nitrogens with zero attached hydrogens (tertiary/aromatic N) is 2. The van der Waals surface area contributed by atoms with Crippen molar-refractivity contribution in [2.75, 3.05) is 13.1 Å². The summed E-state index contributed by atoms with van der Waals surface area (Å²) in [4.78, 5) is 122. The molecule has 444 valence electrons. The number of carbonyl (C=O) groups is 8. The first-order valence-corrected chi connectivity index (χ1v) is 27.8. The van der Waals surface area contributed by atoms with E-state index in [1.165, 1.54) is 0 Å². The number of amides is 6. The van der Waals surface area contributed by atoms with Crippen molar-refractivity contribution >= 4 is 47.8 Å². The lowest BCUT2D eigenvalue weighted by Gasteiger charge is -2.25. The van der Waals surface area contributed by atoms with E-state index in [4.69, 9.17) is 27.8 Å². The molecule has 6 amide bonds. The predicted octanol–water partition coefficient (Wildman–Crippen LogP) is 7.55. The van der Waals surface area contributed by atoms with E-state index in [9.17, 15) is 19.2 Å². The molecular formula is C62H72N8O14. The van der Waals surface area contributed by atoms with Gasteiger partial charge in [-0.15, -0.1) is 0 Å². The molecule has 0 spiro atoms. The van der Waals surface area contributed by atoms with Crippen LogP contribution in [0.1, 0.15) is 146 Å². The molecule has 0 saturated carbocycles.